The number of hydrogen-bond donors (Lipinski definition) is 0. The van der Waals surface area contributed by atoms with Crippen molar-refractivity contribution in [2.75, 3.05) is 13.7 Å². The predicted molar refractivity (Wildman–Crippen MR) is 174 cm³/mol. The van der Waals surface area contributed by atoms with Gasteiger partial charge in [-0.15, -0.1) is 0 Å². The lowest BCUT2D eigenvalue weighted by Crippen LogP contribution is -2.74. The van der Waals surface area contributed by atoms with Gasteiger partial charge in [-0.2, -0.15) is 0 Å². The molecule has 0 bridgehead atoms. The topological polar surface area (TPSA) is 46.2 Å². The molecule has 226 valence electrons. The predicted octanol–water partition coefficient (Wildman–Crippen LogP) is 5.68. The van der Waals surface area contributed by atoms with Crippen molar-refractivity contribution in [2.24, 2.45) is 0 Å². The number of benzene rings is 4. The molecule has 1 aliphatic heterocycles. The summed E-state index contributed by atoms with van der Waals surface area (Å²) in [6, 6.07) is 41.8. The van der Waals surface area contributed by atoms with E-state index < -0.39 is 20.3 Å². The minimum absolute atomic E-state index is 0.251. The van der Waals surface area contributed by atoms with Crippen molar-refractivity contribution < 1.29 is 23.7 Å². The van der Waals surface area contributed by atoms with Crippen LogP contribution >= 0.6 is 0 Å². The lowest BCUT2D eigenvalue weighted by Gasteiger charge is -2.52. The van der Waals surface area contributed by atoms with Gasteiger partial charge in [-0.25, -0.2) is 0 Å². The maximum Gasteiger partial charge on any atom is 0.185 e. The van der Waals surface area contributed by atoms with E-state index in [0.29, 0.717) is 26.2 Å². The quantitative estimate of drug-likeness (QED) is 0.197. The fraction of sp³-hybridized carbons (Fsp3) is 0.351. The van der Waals surface area contributed by atoms with Gasteiger partial charge in [0, 0.05) is 13.5 Å². The summed E-state index contributed by atoms with van der Waals surface area (Å²) in [6.07, 6.45) is -0.421. The molecule has 1 fully saturated rings. The molecule has 4 aromatic carbocycles. The summed E-state index contributed by atoms with van der Waals surface area (Å²) in [5.41, 5.74) is 0.810. The van der Waals surface area contributed by atoms with Gasteiger partial charge < -0.3 is 23.7 Å². The highest BCUT2D eigenvalue weighted by molar-refractivity contribution is 6.87. The summed E-state index contributed by atoms with van der Waals surface area (Å²) in [6.45, 7) is 7.52. The highest BCUT2D eigenvalue weighted by Crippen LogP contribution is 2.38. The Bertz CT molecular complexity index is 1320. The van der Waals surface area contributed by atoms with E-state index in [0.717, 1.165) is 11.1 Å². The van der Waals surface area contributed by atoms with Crippen molar-refractivity contribution in [1.29, 1.82) is 0 Å². The first-order chi connectivity index (χ1) is 20.9. The third-order valence-corrected chi connectivity index (χ3v) is 11.5. The standard InChI is InChI=1S/C37H44O5Si/c1-36(2,3)41-28-31-25-34(39-26-29-17-9-5-10-18-29)35(40-27-30-19-11-6-12-20-30)37(38-4,42-31)43(32-21-13-7-14-22-32)33-23-15-8-16-24-33/h5-24,31,34-35,43H,25-28H2,1-4H3/t31-,34-,35+,37+/m0/s1. The summed E-state index contributed by atoms with van der Waals surface area (Å²) >= 11 is 0. The highest BCUT2D eigenvalue weighted by atomic mass is 28.3. The Morgan fingerprint density at radius 1 is 0.698 bits per heavy atom. The first-order valence-electron chi connectivity index (χ1n) is 15.2. The molecule has 6 heteroatoms. The van der Waals surface area contributed by atoms with Crippen LogP contribution in [0, 0.1) is 0 Å². The Labute approximate surface area is 258 Å². The van der Waals surface area contributed by atoms with Crippen LogP contribution < -0.4 is 10.4 Å². The van der Waals surface area contributed by atoms with Crippen LogP contribution in [0.5, 0.6) is 0 Å². The van der Waals surface area contributed by atoms with Gasteiger partial charge in [-0.1, -0.05) is 132 Å². The Hall–Kier alpha value is -3.10. The van der Waals surface area contributed by atoms with Crippen LogP contribution in [-0.2, 0) is 36.9 Å². The minimum Gasteiger partial charge on any atom is -0.373 e. The third kappa shape index (κ3) is 8.09. The Morgan fingerprint density at radius 2 is 1.16 bits per heavy atom. The molecule has 0 unspecified atom stereocenters. The zero-order valence-corrected chi connectivity index (χ0v) is 26.9. The number of methoxy groups -OCH3 is 1. The van der Waals surface area contributed by atoms with Crippen LogP contribution in [0.4, 0.5) is 0 Å². The molecule has 0 aromatic heterocycles. The van der Waals surface area contributed by atoms with E-state index in [2.05, 4.69) is 106 Å². The summed E-state index contributed by atoms with van der Waals surface area (Å²) in [7, 11) is -0.543. The Balaban J connectivity index is 1.60. The Morgan fingerprint density at radius 3 is 1.63 bits per heavy atom. The van der Waals surface area contributed by atoms with Crippen LogP contribution in [0.2, 0.25) is 0 Å². The highest BCUT2D eigenvalue weighted by Gasteiger charge is 2.58. The van der Waals surface area contributed by atoms with Gasteiger partial charge >= 0.3 is 0 Å². The molecule has 5 rings (SSSR count). The Kier molecular flexibility index (Phi) is 10.6. The van der Waals surface area contributed by atoms with Crippen LogP contribution in [0.25, 0.3) is 0 Å². The second-order valence-corrected chi connectivity index (χ2v) is 15.1. The molecule has 1 heterocycles. The smallest absolute Gasteiger partial charge is 0.185 e. The molecular formula is C37H44O5Si. The van der Waals surface area contributed by atoms with E-state index in [4.69, 9.17) is 23.7 Å². The van der Waals surface area contributed by atoms with Crippen LogP contribution in [0.15, 0.2) is 121 Å². The maximum atomic E-state index is 7.18. The number of ether oxygens (including phenoxy) is 5. The van der Waals surface area contributed by atoms with Gasteiger partial charge in [0.2, 0.25) is 0 Å². The van der Waals surface area contributed by atoms with E-state index in [-0.39, 0.29) is 17.8 Å². The van der Waals surface area contributed by atoms with E-state index >= 15 is 0 Å². The van der Waals surface area contributed by atoms with Crippen molar-refractivity contribution in [3.63, 3.8) is 0 Å². The van der Waals surface area contributed by atoms with Crippen molar-refractivity contribution in [2.45, 2.75) is 69.7 Å². The van der Waals surface area contributed by atoms with Gasteiger partial charge in [0.25, 0.3) is 0 Å². The molecule has 0 aliphatic carbocycles. The third-order valence-electron chi connectivity index (χ3n) is 7.85. The monoisotopic (exact) mass is 596 g/mol. The number of rotatable bonds is 12. The second kappa shape index (κ2) is 14.6. The van der Waals surface area contributed by atoms with E-state index in [1.54, 1.807) is 7.11 Å². The largest absolute Gasteiger partial charge is 0.373 e. The van der Waals surface area contributed by atoms with Crippen LogP contribution in [0.3, 0.4) is 0 Å². The molecule has 4 aromatic rings. The summed E-state index contributed by atoms with van der Waals surface area (Å²) in [5, 5.41) is 2.42. The molecule has 0 radical (unpaired) electrons. The molecule has 0 amide bonds. The fourth-order valence-electron chi connectivity index (χ4n) is 5.84. The molecule has 5 nitrogen and oxygen atoms in total. The fourth-order valence-corrected chi connectivity index (χ4v) is 9.57. The van der Waals surface area contributed by atoms with Crippen molar-refractivity contribution in [3.8, 4) is 0 Å². The normalized spacial score (nSPS) is 22.5. The molecular weight excluding hydrogens is 552 g/mol. The first kappa shape index (κ1) is 31.3. The molecule has 0 spiro atoms. The zero-order chi connectivity index (χ0) is 30.1. The molecule has 1 saturated heterocycles. The average molecular weight is 597 g/mol. The first-order valence-corrected chi connectivity index (χ1v) is 16.9. The van der Waals surface area contributed by atoms with E-state index in [1.807, 2.05) is 36.4 Å². The SMILES string of the molecule is CO[C@@]1([SiH](c2ccccc2)c2ccccc2)O[C@H](COC(C)(C)C)C[C@H](OCc2ccccc2)[C@H]1OCc1ccccc1. The second-order valence-electron chi connectivity index (χ2n) is 12.1. The van der Waals surface area contributed by atoms with Crippen molar-refractivity contribution in [3.05, 3.63) is 132 Å². The van der Waals surface area contributed by atoms with E-state index in [1.165, 1.54) is 10.4 Å². The van der Waals surface area contributed by atoms with Gasteiger partial charge in [-0.05, 0) is 31.9 Å². The van der Waals surface area contributed by atoms with Crippen molar-refractivity contribution in [1.82, 2.24) is 0 Å². The number of hydrogen-bond acceptors (Lipinski definition) is 5. The van der Waals surface area contributed by atoms with Gasteiger partial charge in [0.15, 0.2) is 14.2 Å². The molecule has 43 heavy (non-hydrogen) atoms. The molecule has 0 N–H and O–H groups in total. The minimum atomic E-state index is -2.30. The lowest BCUT2D eigenvalue weighted by molar-refractivity contribution is -0.315. The van der Waals surface area contributed by atoms with Crippen LogP contribution in [-0.4, -0.2) is 51.8 Å². The van der Waals surface area contributed by atoms with Gasteiger partial charge in [0.1, 0.15) is 6.10 Å². The summed E-state index contributed by atoms with van der Waals surface area (Å²) in [5.74, 6) is 0. The summed E-state index contributed by atoms with van der Waals surface area (Å²) in [4.78, 5) is 0. The molecule has 1 aliphatic rings. The van der Waals surface area contributed by atoms with E-state index in [9.17, 15) is 0 Å². The van der Waals surface area contributed by atoms with Crippen molar-refractivity contribution >= 4 is 19.2 Å². The zero-order valence-electron chi connectivity index (χ0n) is 25.7. The molecule has 4 atom stereocenters. The van der Waals surface area contributed by atoms with Gasteiger partial charge in [-0.3, -0.25) is 0 Å². The molecule has 0 saturated carbocycles. The summed E-state index contributed by atoms with van der Waals surface area (Å²) < 4.78 is 33.9. The van der Waals surface area contributed by atoms with Crippen LogP contribution in [0.1, 0.15) is 38.3 Å². The average Bonchev–Trinajstić information content (AvgIpc) is 3.04. The van der Waals surface area contributed by atoms with Gasteiger partial charge in [0.05, 0.1) is 37.6 Å². The maximum absolute atomic E-state index is 7.18. The lowest BCUT2D eigenvalue weighted by atomic mass is 10.0.